The van der Waals surface area contributed by atoms with Gasteiger partial charge in [-0.25, -0.2) is 0 Å². The van der Waals surface area contributed by atoms with Gasteiger partial charge in [0.1, 0.15) is 11.6 Å². The summed E-state index contributed by atoms with van der Waals surface area (Å²) in [5, 5.41) is 9.18. The Hall–Kier alpha value is -2.60. The highest BCUT2D eigenvalue weighted by atomic mass is 14.7. The minimum Gasteiger partial charge on any atom is -0.397 e. The zero-order valence-electron chi connectivity index (χ0n) is 9.17. The summed E-state index contributed by atoms with van der Waals surface area (Å²) >= 11 is 0. The van der Waals surface area contributed by atoms with Gasteiger partial charge in [0.2, 0.25) is 0 Å². The molecular formula is C14H11N3. The first kappa shape index (κ1) is 10.9. The number of aromatic nitrogens is 1. The molecule has 0 atom stereocenters. The Bertz CT molecular complexity index is 565. The molecule has 0 radical (unpaired) electrons. The zero-order valence-corrected chi connectivity index (χ0v) is 9.17. The maximum absolute atomic E-state index is 9.18. The van der Waals surface area contributed by atoms with Crippen molar-refractivity contribution in [3.8, 4) is 6.07 Å². The maximum atomic E-state index is 9.18. The fourth-order valence-corrected chi connectivity index (χ4v) is 1.53. The predicted octanol–water partition coefficient (Wildman–Crippen LogP) is 2.43. The molecule has 82 valence electrons. The Balaban J connectivity index is 2.53. The van der Waals surface area contributed by atoms with Gasteiger partial charge in [-0.05, 0) is 17.7 Å². The average molecular weight is 221 g/mol. The van der Waals surface area contributed by atoms with Gasteiger partial charge in [-0.15, -0.1) is 0 Å². The number of benzene rings is 1. The van der Waals surface area contributed by atoms with E-state index in [1.54, 1.807) is 18.3 Å². The molecule has 3 heteroatoms. The van der Waals surface area contributed by atoms with Gasteiger partial charge in [0, 0.05) is 6.20 Å². The molecule has 3 nitrogen and oxygen atoms in total. The van der Waals surface area contributed by atoms with E-state index in [-0.39, 0.29) is 0 Å². The second-order valence-corrected chi connectivity index (χ2v) is 3.48. The van der Waals surface area contributed by atoms with E-state index < -0.39 is 0 Å². The molecule has 2 rings (SSSR count). The third-order valence-corrected chi connectivity index (χ3v) is 2.39. The molecule has 17 heavy (non-hydrogen) atoms. The number of nitrogens with two attached hydrogens (primary N) is 1. The van der Waals surface area contributed by atoms with Crippen LogP contribution in [0.4, 0.5) is 0 Å². The fourth-order valence-electron chi connectivity index (χ4n) is 1.53. The number of hydrogen-bond donors (Lipinski definition) is 1. The van der Waals surface area contributed by atoms with Crippen LogP contribution in [-0.2, 0) is 0 Å². The summed E-state index contributed by atoms with van der Waals surface area (Å²) in [6, 6.07) is 16.9. The van der Waals surface area contributed by atoms with Crippen molar-refractivity contribution in [3.05, 3.63) is 66.0 Å². The number of hydrogen-bond acceptors (Lipinski definition) is 3. The minimum absolute atomic E-state index is 0.400. The molecule has 0 aliphatic rings. The summed E-state index contributed by atoms with van der Waals surface area (Å²) < 4.78 is 0. The molecule has 0 unspecified atom stereocenters. The van der Waals surface area contributed by atoms with Crippen molar-refractivity contribution in [1.29, 1.82) is 5.26 Å². The maximum Gasteiger partial charge on any atom is 0.104 e. The van der Waals surface area contributed by atoms with Crippen molar-refractivity contribution in [1.82, 2.24) is 4.98 Å². The Morgan fingerprint density at radius 2 is 1.76 bits per heavy atom. The average Bonchev–Trinajstić information content (AvgIpc) is 2.42. The molecule has 0 bridgehead atoms. The number of allylic oxidation sites excluding steroid dienone is 1. The van der Waals surface area contributed by atoms with Gasteiger partial charge in [-0.3, -0.25) is 4.98 Å². The normalized spacial score (nSPS) is 11.5. The lowest BCUT2D eigenvalue weighted by atomic mass is 10.0. The second-order valence-electron chi connectivity index (χ2n) is 3.48. The molecule has 0 aliphatic carbocycles. The van der Waals surface area contributed by atoms with Gasteiger partial charge in [-0.2, -0.15) is 5.26 Å². The Morgan fingerprint density at radius 1 is 1.06 bits per heavy atom. The Morgan fingerprint density at radius 3 is 2.35 bits per heavy atom. The molecule has 0 saturated heterocycles. The number of nitriles is 1. The summed E-state index contributed by atoms with van der Waals surface area (Å²) in [6.07, 6.45) is 1.64. The molecule has 0 saturated carbocycles. The van der Waals surface area contributed by atoms with Crippen LogP contribution < -0.4 is 5.73 Å². The van der Waals surface area contributed by atoms with Gasteiger partial charge < -0.3 is 5.73 Å². The van der Waals surface area contributed by atoms with Crippen molar-refractivity contribution < 1.29 is 0 Å². The summed E-state index contributed by atoms with van der Waals surface area (Å²) in [4.78, 5) is 4.14. The first-order valence-corrected chi connectivity index (χ1v) is 5.19. The van der Waals surface area contributed by atoms with Crippen LogP contribution in [0.2, 0.25) is 0 Å². The topological polar surface area (TPSA) is 62.7 Å². The standard InChI is InChI=1S/C14H11N3/c15-10-12(13-8-4-5-9-17-13)14(16)11-6-2-1-3-7-11/h1-9H,16H2/b14-12+. The first-order valence-electron chi connectivity index (χ1n) is 5.19. The van der Waals surface area contributed by atoms with Crippen molar-refractivity contribution in [3.63, 3.8) is 0 Å². The molecule has 0 amide bonds. The number of nitrogens with zero attached hydrogens (tertiary/aromatic N) is 2. The zero-order chi connectivity index (χ0) is 12.1. The lowest BCUT2D eigenvalue weighted by Gasteiger charge is -2.05. The van der Waals surface area contributed by atoms with E-state index in [2.05, 4.69) is 11.1 Å². The summed E-state index contributed by atoms with van der Waals surface area (Å²) in [5.74, 6) is 0. The third kappa shape index (κ3) is 2.32. The summed E-state index contributed by atoms with van der Waals surface area (Å²) in [5.41, 5.74) is 8.27. The predicted molar refractivity (Wildman–Crippen MR) is 67.3 cm³/mol. The summed E-state index contributed by atoms with van der Waals surface area (Å²) in [7, 11) is 0. The van der Waals surface area contributed by atoms with Gasteiger partial charge in [0.05, 0.1) is 11.4 Å². The molecule has 1 aromatic heterocycles. The van der Waals surface area contributed by atoms with Crippen LogP contribution in [0.3, 0.4) is 0 Å². The minimum atomic E-state index is 0.400. The van der Waals surface area contributed by atoms with E-state index in [4.69, 9.17) is 5.73 Å². The summed E-state index contributed by atoms with van der Waals surface area (Å²) in [6.45, 7) is 0. The van der Waals surface area contributed by atoms with Crippen LogP contribution in [0.1, 0.15) is 11.3 Å². The van der Waals surface area contributed by atoms with Crippen molar-refractivity contribution in [2.45, 2.75) is 0 Å². The molecule has 0 fully saturated rings. The lowest BCUT2D eigenvalue weighted by molar-refractivity contribution is 1.28. The molecule has 1 aromatic carbocycles. The SMILES string of the molecule is N#C/C(=C(\N)c1ccccc1)c1ccccn1. The van der Waals surface area contributed by atoms with Crippen LogP contribution >= 0.6 is 0 Å². The molecule has 2 N–H and O–H groups in total. The number of pyridine rings is 1. The van der Waals surface area contributed by atoms with Crippen LogP contribution in [0.15, 0.2) is 54.7 Å². The van der Waals surface area contributed by atoms with Crippen molar-refractivity contribution in [2.24, 2.45) is 5.73 Å². The van der Waals surface area contributed by atoms with Crippen LogP contribution in [0.25, 0.3) is 11.3 Å². The lowest BCUT2D eigenvalue weighted by Crippen LogP contribution is -2.01. The Labute approximate surface area is 99.8 Å². The Kier molecular flexibility index (Phi) is 3.18. The van der Waals surface area contributed by atoms with E-state index in [0.29, 0.717) is 17.0 Å². The van der Waals surface area contributed by atoms with E-state index in [0.717, 1.165) is 5.56 Å². The number of rotatable bonds is 2. The molecular weight excluding hydrogens is 210 g/mol. The smallest absolute Gasteiger partial charge is 0.104 e. The highest BCUT2D eigenvalue weighted by Gasteiger charge is 2.08. The fraction of sp³-hybridized carbons (Fsp3) is 0. The van der Waals surface area contributed by atoms with Crippen LogP contribution in [0, 0.1) is 11.3 Å². The largest absolute Gasteiger partial charge is 0.397 e. The molecule has 0 aliphatic heterocycles. The van der Waals surface area contributed by atoms with E-state index >= 15 is 0 Å². The van der Waals surface area contributed by atoms with Gasteiger partial charge in [0.25, 0.3) is 0 Å². The molecule has 2 aromatic rings. The van der Waals surface area contributed by atoms with E-state index in [1.165, 1.54) is 0 Å². The van der Waals surface area contributed by atoms with Gasteiger partial charge >= 0.3 is 0 Å². The van der Waals surface area contributed by atoms with Crippen LogP contribution in [0.5, 0.6) is 0 Å². The molecule has 0 spiro atoms. The van der Waals surface area contributed by atoms with Crippen LogP contribution in [-0.4, -0.2) is 4.98 Å². The monoisotopic (exact) mass is 221 g/mol. The van der Waals surface area contributed by atoms with Crippen molar-refractivity contribution >= 4 is 11.3 Å². The third-order valence-electron chi connectivity index (χ3n) is 2.39. The van der Waals surface area contributed by atoms with E-state index in [9.17, 15) is 5.26 Å². The van der Waals surface area contributed by atoms with Gasteiger partial charge in [-0.1, -0.05) is 36.4 Å². The molecule has 1 heterocycles. The second kappa shape index (κ2) is 4.95. The highest BCUT2D eigenvalue weighted by molar-refractivity contribution is 5.94. The van der Waals surface area contributed by atoms with Gasteiger partial charge in [0.15, 0.2) is 0 Å². The quantitative estimate of drug-likeness (QED) is 0.792. The van der Waals surface area contributed by atoms with E-state index in [1.807, 2.05) is 36.4 Å². The van der Waals surface area contributed by atoms with Crippen molar-refractivity contribution in [2.75, 3.05) is 0 Å². The highest BCUT2D eigenvalue weighted by Crippen LogP contribution is 2.19. The first-order chi connectivity index (χ1) is 8.33.